The summed E-state index contributed by atoms with van der Waals surface area (Å²) in [5, 5.41) is 14.0. The zero-order valence-corrected chi connectivity index (χ0v) is 16.7. The van der Waals surface area contributed by atoms with Crippen LogP contribution in [0.2, 0.25) is 10.0 Å². The van der Waals surface area contributed by atoms with Gasteiger partial charge in [-0.15, -0.1) is 10.2 Å². The summed E-state index contributed by atoms with van der Waals surface area (Å²) in [6, 6.07) is 27.5. The van der Waals surface area contributed by atoms with Gasteiger partial charge in [-0.25, -0.2) is 0 Å². The van der Waals surface area contributed by atoms with Gasteiger partial charge in [0, 0.05) is 21.4 Å². The molecule has 0 fully saturated rings. The van der Waals surface area contributed by atoms with Gasteiger partial charge in [0.2, 0.25) is 5.88 Å². The summed E-state index contributed by atoms with van der Waals surface area (Å²) in [5.74, 6) is 0.877. The number of halogens is 2. The van der Waals surface area contributed by atoms with Crippen LogP contribution in [0.15, 0.2) is 84.9 Å². The highest BCUT2D eigenvalue weighted by Crippen LogP contribution is 2.37. The number of ether oxygens (including phenoxy) is 1. The maximum atomic E-state index is 6.27. The summed E-state index contributed by atoms with van der Waals surface area (Å²) in [6.45, 7) is 0. The normalized spacial score (nSPS) is 11.1. The van der Waals surface area contributed by atoms with Crippen molar-refractivity contribution in [1.82, 2.24) is 10.2 Å². The quantitative estimate of drug-likeness (QED) is 0.304. The number of hydrogen-bond acceptors (Lipinski definition) is 3. The molecular formula is C24H14Cl2N2O. The smallest absolute Gasteiger partial charge is 0.246 e. The zero-order valence-electron chi connectivity index (χ0n) is 15.1. The predicted octanol–water partition coefficient (Wildman–Crippen LogP) is 7.55. The van der Waals surface area contributed by atoms with Gasteiger partial charge >= 0.3 is 0 Å². The standard InChI is InChI=1S/C24H14Cl2N2O/c25-16-12-13-22(21(26)14-16)29-24-20-10-4-3-9-19(20)23(27-28-24)18-11-5-7-15-6-1-2-8-17(15)18/h1-14H. The number of aromatic nitrogens is 2. The van der Waals surface area contributed by atoms with Crippen LogP contribution in [-0.2, 0) is 0 Å². The molecule has 5 heteroatoms. The molecule has 0 aliphatic carbocycles. The van der Waals surface area contributed by atoms with Crippen LogP contribution in [0, 0.1) is 0 Å². The summed E-state index contributed by atoms with van der Waals surface area (Å²) in [6.07, 6.45) is 0. The van der Waals surface area contributed by atoms with E-state index in [0.717, 1.165) is 32.8 Å². The van der Waals surface area contributed by atoms with Crippen molar-refractivity contribution in [1.29, 1.82) is 0 Å². The lowest BCUT2D eigenvalue weighted by molar-refractivity contribution is 0.462. The molecule has 0 saturated heterocycles. The topological polar surface area (TPSA) is 35.0 Å². The Morgan fingerprint density at radius 1 is 0.655 bits per heavy atom. The third-order valence-corrected chi connectivity index (χ3v) is 5.33. The van der Waals surface area contributed by atoms with Crippen molar-refractivity contribution in [3.05, 3.63) is 95.0 Å². The average molecular weight is 417 g/mol. The largest absolute Gasteiger partial charge is 0.435 e. The second kappa shape index (κ2) is 7.36. The minimum Gasteiger partial charge on any atom is -0.435 e. The first kappa shape index (κ1) is 17.9. The van der Waals surface area contributed by atoms with E-state index in [-0.39, 0.29) is 0 Å². The van der Waals surface area contributed by atoms with Crippen molar-refractivity contribution in [3.8, 4) is 22.9 Å². The number of rotatable bonds is 3. The van der Waals surface area contributed by atoms with Crippen LogP contribution < -0.4 is 4.74 Å². The van der Waals surface area contributed by atoms with Gasteiger partial charge in [-0.05, 0) is 35.0 Å². The molecule has 0 spiro atoms. The number of fused-ring (bicyclic) bond motifs is 2. The lowest BCUT2D eigenvalue weighted by atomic mass is 9.99. The average Bonchev–Trinajstić information content (AvgIpc) is 2.75. The minimum atomic E-state index is 0.397. The molecule has 29 heavy (non-hydrogen) atoms. The van der Waals surface area contributed by atoms with Crippen LogP contribution in [0.3, 0.4) is 0 Å². The Kier molecular flexibility index (Phi) is 4.55. The van der Waals surface area contributed by atoms with Gasteiger partial charge in [-0.3, -0.25) is 0 Å². The van der Waals surface area contributed by atoms with Gasteiger partial charge in [-0.2, -0.15) is 0 Å². The van der Waals surface area contributed by atoms with E-state index in [1.807, 2.05) is 42.5 Å². The molecule has 140 valence electrons. The molecule has 0 amide bonds. The van der Waals surface area contributed by atoms with Gasteiger partial charge in [0.15, 0.2) is 0 Å². The van der Waals surface area contributed by atoms with Gasteiger partial charge in [0.1, 0.15) is 11.4 Å². The number of nitrogens with zero attached hydrogens (tertiary/aromatic N) is 2. The van der Waals surface area contributed by atoms with Crippen LogP contribution in [0.1, 0.15) is 0 Å². The Morgan fingerprint density at radius 3 is 2.21 bits per heavy atom. The molecule has 1 heterocycles. The first-order chi connectivity index (χ1) is 14.2. The summed E-state index contributed by atoms with van der Waals surface area (Å²) in [4.78, 5) is 0. The van der Waals surface area contributed by atoms with Crippen LogP contribution in [0.5, 0.6) is 11.6 Å². The summed E-state index contributed by atoms with van der Waals surface area (Å²) < 4.78 is 5.99. The van der Waals surface area contributed by atoms with Crippen molar-refractivity contribution in [2.45, 2.75) is 0 Å². The first-order valence-electron chi connectivity index (χ1n) is 9.07. The maximum absolute atomic E-state index is 6.27. The second-order valence-corrected chi connectivity index (χ2v) is 7.45. The molecule has 0 saturated carbocycles. The Hall–Kier alpha value is -3.14. The lowest BCUT2D eigenvalue weighted by Crippen LogP contribution is -1.96. The van der Waals surface area contributed by atoms with Crippen molar-refractivity contribution in [2.24, 2.45) is 0 Å². The molecule has 3 nitrogen and oxygen atoms in total. The Bertz CT molecular complexity index is 1360. The van der Waals surface area contributed by atoms with E-state index >= 15 is 0 Å². The van der Waals surface area contributed by atoms with Crippen LogP contribution in [-0.4, -0.2) is 10.2 Å². The molecule has 1 aromatic heterocycles. The van der Waals surface area contributed by atoms with Crippen molar-refractivity contribution in [3.63, 3.8) is 0 Å². The third kappa shape index (κ3) is 3.29. The Labute approximate surface area is 177 Å². The maximum Gasteiger partial charge on any atom is 0.246 e. The fraction of sp³-hybridized carbons (Fsp3) is 0. The Balaban J connectivity index is 1.69. The molecule has 0 aliphatic rings. The van der Waals surface area contributed by atoms with Crippen LogP contribution >= 0.6 is 23.2 Å². The van der Waals surface area contributed by atoms with E-state index in [9.17, 15) is 0 Å². The predicted molar refractivity (Wildman–Crippen MR) is 119 cm³/mol. The zero-order chi connectivity index (χ0) is 19.8. The van der Waals surface area contributed by atoms with Gasteiger partial charge in [-0.1, -0.05) is 83.9 Å². The molecule has 0 N–H and O–H groups in total. The number of benzene rings is 4. The molecule has 0 atom stereocenters. The molecule has 0 radical (unpaired) electrons. The molecule has 0 aliphatic heterocycles. The summed E-state index contributed by atoms with van der Waals surface area (Å²) in [5.41, 5.74) is 1.84. The van der Waals surface area contributed by atoms with Crippen LogP contribution in [0.4, 0.5) is 0 Å². The van der Waals surface area contributed by atoms with Gasteiger partial charge < -0.3 is 4.74 Å². The highest BCUT2D eigenvalue weighted by atomic mass is 35.5. The fourth-order valence-corrected chi connectivity index (χ4v) is 3.89. The molecule has 5 rings (SSSR count). The van der Waals surface area contributed by atoms with E-state index in [2.05, 4.69) is 34.5 Å². The minimum absolute atomic E-state index is 0.397. The van der Waals surface area contributed by atoms with E-state index in [1.165, 1.54) is 0 Å². The SMILES string of the molecule is Clc1ccc(Oc2nnc(-c3cccc4ccccc34)c3ccccc23)c(Cl)c1. The monoisotopic (exact) mass is 416 g/mol. The highest BCUT2D eigenvalue weighted by molar-refractivity contribution is 6.35. The van der Waals surface area contributed by atoms with E-state index < -0.39 is 0 Å². The van der Waals surface area contributed by atoms with Gasteiger partial charge in [0.05, 0.1) is 5.02 Å². The third-order valence-electron chi connectivity index (χ3n) is 4.80. The molecule has 0 bridgehead atoms. The number of hydrogen-bond donors (Lipinski definition) is 0. The molecule has 5 aromatic rings. The fourth-order valence-electron chi connectivity index (χ4n) is 3.45. The summed E-state index contributed by atoms with van der Waals surface area (Å²) >= 11 is 12.2. The van der Waals surface area contributed by atoms with Crippen molar-refractivity contribution in [2.75, 3.05) is 0 Å². The van der Waals surface area contributed by atoms with E-state index in [4.69, 9.17) is 27.9 Å². The van der Waals surface area contributed by atoms with Gasteiger partial charge in [0.25, 0.3) is 0 Å². The second-order valence-electron chi connectivity index (χ2n) is 6.60. The Morgan fingerprint density at radius 2 is 1.38 bits per heavy atom. The van der Waals surface area contributed by atoms with Crippen molar-refractivity contribution < 1.29 is 4.74 Å². The lowest BCUT2D eigenvalue weighted by Gasteiger charge is -2.12. The highest BCUT2D eigenvalue weighted by Gasteiger charge is 2.15. The van der Waals surface area contributed by atoms with E-state index in [1.54, 1.807) is 18.2 Å². The first-order valence-corrected chi connectivity index (χ1v) is 9.83. The molecule has 4 aromatic carbocycles. The summed E-state index contributed by atoms with van der Waals surface area (Å²) in [7, 11) is 0. The van der Waals surface area contributed by atoms with Crippen LogP contribution in [0.25, 0.3) is 32.8 Å². The van der Waals surface area contributed by atoms with E-state index in [0.29, 0.717) is 21.7 Å². The van der Waals surface area contributed by atoms with Crippen molar-refractivity contribution >= 4 is 44.7 Å². The molecule has 0 unspecified atom stereocenters. The molecular weight excluding hydrogens is 403 g/mol.